The van der Waals surface area contributed by atoms with Crippen LogP contribution in [0.5, 0.6) is 0 Å². The van der Waals surface area contributed by atoms with Crippen molar-refractivity contribution in [2.45, 2.75) is 0 Å². The Morgan fingerprint density at radius 1 is 1.69 bits per heavy atom. The fraction of sp³-hybridized carbons (Fsp3) is 0.167. The molecule has 0 saturated carbocycles. The van der Waals surface area contributed by atoms with Crippen LogP contribution in [0.2, 0.25) is 0 Å². The molecule has 0 bridgehead atoms. The third-order valence-corrected chi connectivity index (χ3v) is 1.24. The molecule has 13 heavy (non-hydrogen) atoms. The summed E-state index contributed by atoms with van der Waals surface area (Å²) in [7, 11) is 0. The summed E-state index contributed by atoms with van der Waals surface area (Å²) in [5.41, 5.74) is 5.24. The van der Waals surface area contributed by atoms with E-state index in [1.54, 1.807) is 0 Å². The van der Waals surface area contributed by atoms with Gasteiger partial charge in [-0.1, -0.05) is 5.16 Å². The number of aromatic nitrogens is 1. The fourth-order valence-electron chi connectivity index (χ4n) is 0.670. The largest absolute Gasteiger partial charge is 0.480 e. The second kappa shape index (κ2) is 3.57. The SMILES string of the molecule is Nc1oncc1C(=O)NCC(=O)O. The van der Waals surface area contributed by atoms with E-state index in [1.165, 1.54) is 0 Å². The number of hydrogen-bond donors (Lipinski definition) is 3. The fourth-order valence-corrected chi connectivity index (χ4v) is 0.670. The number of rotatable bonds is 3. The Morgan fingerprint density at radius 3 is 2.85 bits per heavy atom. The highest BCUT2D eigenvalue weighted by Gasteiger charge is 2.13. The van der Waals surface area contributed by atoms with E-state index in [0.29, 0.717) is 0 Å². The quantitative estimate of drug-likeness (QED) is 0.559. The molecule has 1 rings (SSSR count). The monoisotopic (exact) mass is 185 g/mol. The summed E-state index contributed by atoms with van der Waals surface area (Å²) >= 11 is 0. The molecular weight excluding hydrogens is 178 g/mol. The molecule has 7 nitrogen and oxygen atoms in total. The Kier molecular flexibility index (Phi) is 2.48. The molecule has 1 aromatic heterocycles. The summed E-state index contributed by atoms with van der Waals surface area (Å²) in [4.78, 5) is 21.1. The van der Waals surface area contributed by atoms with Gasteiger partial charge in [-0.3, -0.25) is 9.59 Å². The summed E-state index contributed by atoms with van der Waals surface area (Å²) in [5, 5.41) is 13.6. The minimum absolute atomic E-state index is 0.0289. The van der Waals surface area contributed by atoms with Crippen LogP contribution in [0.25, 0.3) is 0 Å². The molecule has 0 aliphatic heterocycles. The van der Waals surface area contributed by atoms with Crippen LogP contribution in [-0.2, 0) is 4.79 Å². The zero-order chi connectivity index (χ0) is 9.84. The van der Waals surface area contributed by atoms with Crippen LogP contribution in [-0.4, -0.2) is 28.7 Å². The second-order valence-electron chi connectivity index (χ2n) is 2.18. The Balaban J connectivity index is 2.59. The number of anilines is 1. The van der Waals surface area contributed by atoms with E-state index in [4.69, 9.17) is 10.8 Å². The Hall–Kier alpha value is -2.05. The molecule has 0 radical (unpaired) electrons. The van der Waals surface area contributed by atoms with E-state index in [2.05, 4.69) is 15.0 Å². The summed E-state index contributed by atoms with van der Waals surface area (Å²) in [6, 6.07) is 0. The molecule has 0 aliphatic rings. The predicted molar refractivity (Wildman–Crippen MR) is 40.9 cm³/mol. The lowest BCUT2D eigenvalue weighted by molar-refractivity contribution is -0.135. The Morgan fingerprint density at radius 2 is 2.38 bits per heavy atom. The number of nitrogens with two attached hydrogens (primary N) is 1. The van der Waals surface area contributed by atoms with E-state index >= 15 is 0 Å². The first-order chi connectivity index (χ1) is 6.11. The first-order valence-corrected chi connectivity index (χ1v) is 3.31. The Bertz CT molecular complexity index is 332. The Labute approximate surface area is 72.5 Å². The number of carbonyl (C=O) groups is 2. The minimum atomic E-state index is -1.14. The molecular formula is C6H7N3O4. The zero-order valence-corrected chi connectivity index (χ0v) is 6.48. The van der Waals surface area contributed by atoms with Crippen molar-refractivity contribution in [2.24, 2.45) is 0 Å². The van der Waals surface area contributed by atoms with Crippen molar-refractivity contribution < 1.29 is 19.2 Å². The van der Waals surface area contributed by atoms with Gasteiger partial charge in [-0.05, 0) is 0 Å². The molecule has 0 aromatic carbocycles. The molecule has 70 valence electrons. The highest BCUT2D eigenvalue weighted by Crippen LogP contribution is 2.08. The minimum Gasteiger partial charge on any atom is -0.480 e. The topological polar surface area (TPSA) is 118 Å². The van der Waals surface area contributed by atoms with E-state index in [1.807, 2.05) is 0 Å². The molecule has 0 saturated heterocycles. The van der Waals surface area contributed by atoms with Crippen LogP contribution in [0, 0.1) is 0 Å². The van der Waals surface area contributed by atoms with Gasteiger partial charge < -0.3 is 20.7 Å². The predicted octanol–water partition coefficient (Wildman–Crippen LogP) is -0.929. The van der Waals surface area contributed by atoms with Crippen molar-refractivity contribution in [1.82, 2.24) is 10.5 Å². The first-order valence-electron chi connectivity index (χ1n) is 3.31. The van der Waals surface area contributed by atoms with Crippen molar-refractivity contribution in [3.8, 4) is 0 Å². The molecule has 1 heterocycles. The first kappa shape index (κ1) is 9.04. The summed E-state index contributed by atoms with van der Waals surface area (Å²) in [6.45, 7) is -0.469. The average molecular weight is 185 g/mol. The summed E-state index contributed by atoms with van der Waals surface area (Å²) in [6.07, 6.45) is 1.12. The van der Waals surface area contributed by atoms with Crippen LogP contribution >= 0.6 is 0 Å². The van der Waals surface area contributed by atoms with Gasteiger partial charge in [0.1, 0.15) is 12.1 Å². The standard InChI is InChI=1S/C6H7N3O4/c7-5-3(1-9-13-5)6(12)8-2-4(10)11/h1H,2,7H2,(H,8,12)(H,10,11). The van der Waals surface area contributed by atoms with Crippen molar-refractivity contribution in [3.63, 3.8) is 0 Å². The number of carboxylic acid groups (broad SMARTS) is 1. The van der Waals surface area contributed by atoms with Gasteiger partial charge >= 0.3 is 5.97 Å². The molecule has 0 aliphatic carbocycles. The molecule has 7 heteroatoms. The van der Waals surface area contributed by atoms with Gasteiger partial charge in [0.05, 0.1) is 6.20 Å². The second-order valence-corrected chi connectivity index (χ2v) is 2.18. The van der Waals surface area contributed by atoms with Crippen LogP contribution in [0.15, 0.2) is 10.7 Å². The van der Waals surface area contributed by atoms with Gasteiger partial charge in [0.25, 0.3) is 5.91 Å². The number of nitrogens with zero attached hydrogens (tertiary/aromatic N) is 1. The van der Waals surface area contributed by atoms with Crippen molar-refractivity contribution in [3.05, 3.63) is 11.8 Å². The van der Waals surface area contributed by atoms with Crippen molar-refractivity contribution in [2.75, 3.05) is 12.3 Å². The number of nitrogens with one attached hydrogen (secondary N) is 1. The maximum atomic E-state index is 11.1. The van der Waals surface area contributed by atoms with E-state index < -0.39 is 18.4 Å². The number of nitrogen functional groups attached to an aromatic ring is 1. The molecule has 0 atom stereocenters. The highest BCUT2D eigenvalue weighted by atomic mass is 16.5. The molecule has 0 unspecified atom stereocenters. The maximum Gasteiger partial charge on any atom is 0.322 e. The lowest BCUT2D eigenvalue weighted by atomic mass is 10.3. The normalized spacial score (nSPS) is 9.54. The number of carbonyl (C=O) groups excluding carboxylic acids is 1. The third-order valence-electron chi connectivity index (χ3n) is 1.24. The maximum absolute atomic E-state index is 11.1. The van der Waals surface area contributed by atoms with Crippen LogP contribution < -0.4 is 11.1 Å². The van der Waals surface area contributed by atoms with Gasteiger partial charge in [-0.2, -0.15) is 0 Å². The van der Waals surface area contributed by atoms with Gasteiger partial charge in [0, 0.05) is 0 Å². The lowest BCUT2D eigenvalue weighted by Gasteiger charge is -1.98. The van der Waals surface area contributed by atoms with Crippen LogP contribution in [0.4, 0.5) is 5.88 Å². The van der Waals surface area contributed by atoms with Gasteiger partial charge in [0.2, 0.25) is 5.88 Å². The zero-order valence-electron chi connectivity index (χ0n) is 6.48. The molecule has 0 fully saturated rings. The van der Waals surface area contributed by atoms with E-state index in [9.17, 15) is 9.59 Å². The van der Waals surface area contributed by atoms with E-state index in [0.717, 1.165) is 6.20 Å². The van der Waals surface area contributed by atoms with Gasteiger partial charge in [-0.25, -0.2) is 0 Å². The smallest absolute Gasteiger partial charge is 0.322 e. The van der Waals surface area contributed by atoms with Gasteiger partial charge in [-0.15, -0.1) is 0 Å². The van der Waals surface area contributed by atoms with Crippen LogP contribution in [0.3, 0.4) is 0 Å². The van der Waals surface area contributed by atoms with Crippen molar-refractivity contribution in [1.29, 1.82) is 0 Å². The number of amides is 1. The average Bonchev–Trinajstić information content (AvgIpc) is 2.47. The van der Waals surface area contributed by atoms with E-state index in [-0.39, 0.29) is 11.4 Å². The molecule has 4 N–H and O–H groups in total. The van der Waals surface area contributed by atoms with Crippen LogP contribution in [0.1, 0.15) is 10.4 Å². The van der Waals surface area contributed by atoms with Crippen molar-refractivity contribution >= 4 is 17.8 Å². The van der Waals surface area contributed by atoms with Gasteiger partial charge in [0.15, 0.2) is 0 Å². The molecule has 1 amide bonds. The summed E-state index contributed by atoms with van der Waals surface area (Å²) in [5.74, 6) is -1.90. The third kappa shape index (κ3) is 2.19. The highest BCUT2D eigenvalue weighted by molar-refractivity contribution is 5.98. The number of carboxylic acids is 1. The molecule has 1 aromatic rings. The summed E-state index contributed by atoms with van der Waals surface area (Å²) < 4.78 is 4.41. The number of hydrogen-bond acceptors (Lipinski definition) is 5. The lowest BCUT2D eigenvalue weighted by Crippen LogP contribution is -2.29. The number of aliphatic carboxylic acids is 1. The molecule has 0 spiro atoms.